The Labute approximate surface area is 206 Å². The molecule has 1 atom stereocenters. The lowest BCUT2D eigenvalue weighted by Crippen LogP contribution is -2.49. The quantitative estimate of drug-likeness (QED) is 0.692. The molecule has 2 saturated heterocycles. The number of nitrogens with zero attached hydrogens (tertiary/aromatic N) is 2. The van der Waals surface area contributed by atoms with Crippen molar-refractivity contribution in [2.24, 2.45) is 0 Å². The Morgan fingerprint density at radius 2 is 1.86 bits per heavy atom. The van der Waals surface area contributed by atoms with Crippen molar-refractivity contribution < 1.29 is 19.1 Å². The van der Waals surface area contributed by atoms with Gasteiger partial charge < -0.3 is 19.7 Å². The number of rotatable bonds is 6. The summed E-state index contributed by atoms with van der Waals surface area (Å²) >= 11 is 0. The molecule has 2 aromatic rings. The number of amides is 2. The lowest BCUT2D eigenvalue weighted by atomic mass is 9.91. The van der Waals surface area contributed by atoms with Crippen LogP contribution in [0.15, 0.2) is 54.7 Å². The van der Waals surface area contributed by atoms with Crippen LogP contribution in [-0.2, 0) is 28.2 Å². The van der Waals surface area contributed by atoms with Crippen molar-refractivity contribution in [1.82, 2.24) is 15.1 Å². The molecule has 0 unspecified atom stereocenters. The standard InChI is InChI=1S/C28H33N3O4/c1-19-7-12-24(26(32)29-19)31-17-23-22(27(31)33)5-4-6-25(23)35-18-20-8-10-21(11-9-20)28(2,3)30-13-15-34-16-14-30/h4-6,8-11,24H,1,7,12-18H2,2-3H3,(H,29,32)/t24-/m0/s1. The SMILES string of the molecule is C=C1CC[C@H](N2Cc3c(OCc4ccc(C(C)(C)N5CCOCC5)cc4)cccc3C2=O)C(=O)N1. The van der Waals surface area contributed by atoms with Gasteiger partial charge in [-0.1, -0.05) is 36.9 Å². The zero-order chi connectivity index (χ0) is 24.6. The van der Waals surface area contributed by atoms with Crippen LogP contribution in [0.3, 0.4) is 0 Å². The third-order valence-electron chi connectivity index (χ3n) is 7.51. The van der Waals surface area contributed by atoms with Crippen LogP contribution in [0.25, 0.3) is 0 Å². The van der Waals surface area contributed by atoms with Crippen molar-refractivity contribution in [2.45, 2.75) is 51.4 Å². The van der Waals surface area contributed by atoms with Gasteiger partial charge in [0, 0.05) is 35.5 Å². The van der Waals surface area contributed by atoms with E-state index in [0.717, 1.165) is 37.4 Å². The molecule has 184 valence electrons. The average Bonchev–Trinajstić information content (AvgIpc) is 3.20. The second-order valence-electron chi connectivity index (χ2n) is 10.0. The molecule has 0 aromatic heterocycles. The fourth-order valence-corrected chi connectivity index (χ4v) is 5.25. The number of allylic oxidation sites excluding steroid dienone is 1. The summed E-state index contributed by atoms with van der Waals surface area (Å²) in [5.74, 6) is 0.412. The van der Waals surface area contributed by atoms with Crippen LogP contribution in [0, 0.1) is 0 Å². The van der Waals surface area contributed by atoms with E-state index in [1.807, 2.05) is 18.2 Å². The molecule has 3 aliphatic heterocycles. The van der Waals surface area contributed by atoms with Gasteiger partial charge in [-0.15, -0.1) is 0 Å². The molecule has 0 saturated carbocycles. The van der Waals surface area contributed by atoms with E-state index in [4.69, 9.17) is 9.47 Å². The number of morpholine rings is 1. The minimum Gasteiger partial charge on any atom is -0.489 e. The third-order valence-corrected chi connectivity index (χ3v) is 7.51. The molecule has 2 amide bonds. The van der Waals surface area contributed by atoms with Crippen LogP contribution in [0.4, 0.5) is 0 Å². The molecule has 0 bridgehead atoms. The average molecular weight is 476 g/mol. The first-order valence-corrected chi connectivity index (χ1v) is 12.3. The highest BCUT2D eigenvalue weighted by atomic mass is 16.5. The number of hydrogen-bond acceptors (Lipinski definition) is 5. The van der Waals surface area contributed by atoms with Crippen molar-refractivity contribution in [1.29, 1.82) is 0 Å². The van der Waals surface area contributed by atoms with Crippen molar-refractivity contribution in [2.75, 3.05) is 26.3 Å². The molecule has 5 rings (SSSR count). The molecule has 35 heavy (non-hydrogen) atoms. The van der Waals surface area contributed by atoms with Gasteiger partial charge in [0.25, 0.3) is 5.91 Å². The molecule has 7 nitrogen and oxygen atoms in total. The number of fused-ring (bicyclic) bond motifs is 1. The number of hydrogen-bond donors (Lipinski definition) is 1. The third kappa shape index (κ3) is 4.58. The Kier molecular flexibility index (Phi) is 6.38. The summed E-state index contributed by atoms with van der Waals surface area (Å²) < 4.78 is 11.7. The Hall–Kier alpha value is -3.16. The summed E-state index contributed by atoms with van der Waals surface area (Å²) in [5.41, 5.74) is 4.43. The van der Waals surface area contributed by atoms with Crippen LogP contribution >= 0.6 is 0 Å². The molecule has 2 aromatic carbocycles. The van der Waals surface area contributed by atoms with Gasteiger partial charge in [0.15, 0.2) is 0 Å². The fraction of sp³-hybridized carbons (Fsp3) is 0.429. The molecule has 3 aliphatic rings. The summed E-state index contributed by atoms with van der Waals surface area (Å²) in [5, 5.41) is 2.78. The Morgan fingerprint density at radius 3 is 2.57 bits per heavy atom. The van der Waals surface area contributed by atoms with E-state index in [2.05, 4.69) is 54.9 Å². The van der Waals surface area contributed by atoms with Crippen molar-refractivity contribution >= 4 is 11.8 Å². The highest BCUT2D eigenvalue weighted by Crippen LogP contribution is 2.34. The molecule has 1 N–H and O–H groups in total. The second-order valence-corrected chi connectivity index (χ2v) is 10.0. The van der Waals surface area contributed by atoms with Gasteiger partial charge in [-0.2, -0.15) is 0 Å². The molecule has 0 spiro atoms. The molecule has 0 radical (unpaired) electrons. The highest BCUT2D eigenvalue weighted by molar-refractivity contribution is 6.02. The lowest BCUT2D eigenvalue weighted by molar-refractivity contribution is -0.126. The van der Waals surface area contributed by atoms with Gasteiger partial charge in [-0.05, 0) is 49.9 Å². The van der Waals surface area contributed by atoms with Crippen molar-refractivity contribution in [3.8, 4) is 5.75 Å². The predicted molar refractivity (Wildman–Crippen MR) is 133 cm³/mol. The molecule has 2 fully saturated rings. The van der Waals surface area contributed by atoms with E-state index in [9.17, 15) is 9.59 Å². The molecule has 7 heteroatoms. The van der Waals surface area contributed by atoms with Crippen molar-refractivity contribution in [3.05, 3.63) is 77.0 Å². The maximum Gasteiger partial charge on any atom is 0.255 e. The van der Waals surface area contributed by atoms with E-state index >= 15 is 0 Å². The molecular formula is C28H33N3O4. The van der Waals surface area contributed by atoms with E-state index in [1.54, 1.807) is 4.90 Å². The van der Waals surface area contributed by atoms with Crippen LogP contribution < -0.4 is 10.1 Å². The zero-order valence-corrected chi connectivity index (χ0v) is 20.5. The van der Waals surface area contributed by atoms with Gasteiger partial charge in [-0.3, -0.25) is 14.5 Å². The first-order chi connectivity index (χ1) is 16.8. The Morgan fingerprint density at radius 1 is 1.11 bits per heavy atom. The largest absolute Gasteiger partial charge is 0.489 e. The number of benzene rings is 2. The van der Waals surface area contributed by atoms with Crippen LogP contribution in [-0.4, -0.2) is 54.0 Å². The topological polar surface area (TPSA) is 71.1 Å². The van der Waals surface area contributed by atoms with Gasteiger partial charge in [-0.25, -0.2) is 0 Å². The maximum atomic E-state index is 13.1. The van der Waals surface area contributed by atoms with E-state index < -0.39 is 6.04 Å². The van der Waals surface area contributed by atoms with E-state index in [1.165, 1.54) is 5.56 Å². The zero-order valence-electron chi connectivity index (χ0n) is 20.5. The second kappa shape index (κ2) is 9.47. The number of carbonyl (C=O) groups excluding carboxylic acids is 2. The van der Waals surface area contributed by atoms with Gasteiger partial charge in [0.05, 0.1) is 19.8 Å². The van der Waals surface area contributed by atoms with E-state index in [-0.39, 0.29) is 17.4 Å². The Bertz CT molecular complexity index is 1140. The summed E-state index contributed by atoms with van der Waals surface area (Å²) in [4.78, 5) is 29.7. The highest BCUT2D eigenvalue weighted by Gasteiger charge is 2.39. The number of nitrogens with one attached hydrogen (secondary N) is 1. The molecule has 0 aliphatic carbocycles. The van der Waals surface area contributed by atoms with Gasteiger partial charge in [0.2, 0.25) is 5.91 Å². The lowest BCUT2D eigenvalue weighted by Gasteiger charge is -2.41. The van der Waals surface area contributed by atoms with Crippen molar-refractivity contribution in [3.63, 3.8) is 0 Å². The first kappa shape index (κ1) is 23.6. The summed E-state index contributed by atoms with van der Waals surface area (Å²) in [6.45, 7) is 12.5. The van der Waals surface area contributed by atoms with Crippen LogP contribution in [0.5, 0.6) is 5.75 Å². The fourth-order valence-electron chi connectivity index (χ4n) is 5.25. The van der Waals surface area contributed by atoms with Crippen LogP contribution in [0.1, 0.15) is 53.7 Å². The van der Waals surface area contributed by atoms with Gasteiger partial charge >= 0.3 is 0 Å². The van der Waals surface area contributed by atoms with Gasteiger partial charge in [0.1, 0.15) is 18.4 Å². The monoisotopic (exact) mass is 475 g/mol. The van der Waals surface area contributed by atoms with E-state index in [0.29, 0.717) is 43.0 Å². The molecular weight excluding hydrogens is 442 g/mol. The summed E-state index contributed by atoms with van der Waals surface area (Å²) in [6.07, 6.45) is 1.27. The minimum atomic E-state index is -0.476. The predicted octanol–water partition coefficient (Wildman–Crippen LogP) is 3.58. The number of piperidine rings is 1. The summed E-state index contributed by atoms with van der Waals surface area (Å²) in [6, 6.07) is 13.6. The number of ether oxygens (including phenoxy) is 2. The number of carbonyl (C=O) groups is 2. The Balaban J connectivity index is 1.26. The first-order valence-electron chi connectivity index (χ1n) is 12.3. The minimum absolute atomic E-state index is 0.0645. The molecule has 3 heterocycles. The van der Waals surface area contributed by atoms with Crippen LogP contribution in [0.2, 0.25) is 0 Å². The maximum absolute atomic E-state index is 13.1. The smallest absolute Gasteiger partial charge is 0.255 e. The summed E-state index contributed by atoms with van der Waals surface area (Å²) in [7, 11) is 0. The normalized spacial score (nSPS) is 21.1.